The summed E-state index contributed by atoms with van der Waals surface area (Å²) in [5.74, 6) is -0.234. The largest absolute Gasteiger partial charge is 0.481 e. The minimum Gasteiger partial charge on any atom is -0.481 e. The molecule has 0 aliphatic rings. The van der Waals surface area contributed by atoms with Crippen molar-refractivity contribution in [2.75, 3.05) is 26.3 Å². The zero-order valence-corrected chi connectivity index (χ0v) is 12.6. The fraction of sp³-hybridized carbons (Fsp3) is 0.857. The highest BCUT2D eigenvalue weighted by molar-refractivity contribution is 5.73. The number of urea groups is 1. The summed E-state index contributed by atoms with van der Waals surface area (Å²) >= 11 is 0. The fourth-order valence-electron chi connectivity index (χ4n) is 1.54. The predicted octanol–water partition coefficient (Wildman–Crippen LogP) is 1.99. The molecule has 0 unspecified atom stereocenters. The minimum absolute atomic E-state index is 0.174. The van der Waals surface area contributed by atoms with Crippen LogP contribution < -0.4 is 10.6 Å². The van der Waals surface area contributed by atoms with E-state index in [1.165, 1.54) is 0 Å². The van der Waals surface area contributed by atoms with Crippen LogP contribution in [-0.2, 0) is 9.53 Å². The molecule has 0 radical (unpaired) electrons. The molecule has 2 amide bonds. The minimum atomic E-state index is -0.768. The number of carbonyl (C=O) groups is 2. The molecule has 6 nitrogen and oxygen atoms in total. The third kappa shape index (κ3) is 14.8. The standard InChI is InChI=1S/C14H28N2O4/c1-12(2)11-20-10-6-9-16-14(19)15-8-5-3-4-7-13(17)18/h12H,3-11H2,1-2H3,(H,17,18)(H2,15,16,19). The second kappa shape index (κ2) is 12.7. The highest BCUT2D eigenvalue weighted by Gasteiger charge is 2.00. The summed E-state index contributed by atoms with van der Waals surface area (Å²) < 4.78 is 5.40. The maximum absolute atomic E-state index is 11.4. The second-order valence-electron chi connectivity index (χ2n) is 5.21. The number of carbonyl (C=O) groups excluding carboxylic acids is 1. The van der Waals surface area contributed by atoms with Gasteiger partial charge in [-0.15, -0.1) is 0 Å². The lowest BCUT2D eigenvalue weighted by molar-refractivity contribution is -0.137. The van der Waals surface area contributed by atoms with Gasteiger partial charge in [-0.1, -0.05) is 20.3 Å². The van der Waals surface area contributed by atoms with Crippen LogP contribution in [0, 0.1) is 5.92 Å². The van der Waals surface area contributed by atoms with E-state index in [2.05, 4.69) is 24.5 Å². The molecule has 0 saturated heterocycles. The molecule has 0 aromatic heterocycles. The Kier molecular flexibility index (Phi) is 11.9. The van der Waals surface area contributed by atoms with Gasteiger partial charge in [0.05, 0.1) is 0 Å². The van der Waals surface area contributed by atoms with Gasteiger partial charge in [0.1, 0.15) is 0 Å². The number of hydrogen-bond acceptors (Lipinski definition) is 3. The van der Waals surface area contributed by atoms with E-state index >= 15 is 0 Å². The summed E-state index contributed by atoms with van der Waals surface area (Å²) in [7, 11) is 0. The van der Waals surface area contributed by atoms with Crippen molar-refractivity contribution in [2.45, 2.75) is 46.0 Å². The average Bonchev–Trinajstić information content (AvgIpc) is 2.37. The molecular formula is C14H28N2O4. The van der Waals surface area contributed by atoms with Gasteiger partial charge in [-0.25, -0.2) is 4.79 Å². The van der Waals surface area contributed by atoms with Crippen molar-refractivity contribution >= 4 is 12.0 Å². The van der Waals surface area contributed by atoms with Gasteiger partial charge in [0.25, 0.3) is 0 Å². The van der Waals surface area contributed by atoms with Crippen LogP contribution in [0.1, 0.15) is 46.0 Å². The quantitative estimate of drug-likeness (QED) is 0.479. The van der Waals surface area contributed by atoms with E-state index in [0.29, 0.717) is 32.0 Å². The van der Waals surface area contributed by atoms with E-state index in [1.807, 2.05) is 0 Å². The first kappa shape index (κ1) is 18.7. The Hall–Kier alpha value is -1.30. The Labute approximate surface area is 121 Å². The molecule has 0 bridgehead atoms. The van der Waals surface area contributed by atoms with Gasteiger partial charge in [-0.2, -0.15) is 0 Å². The summed E-state index contributed by atoms with van der Waals surface area (Å²) in [6, 6.07) is -0.174. The summed E-state index contributed by atoms with van der Waals surface area (Å²) in [4.78, 5) is 21.6. The van der Waals surface area contributed by atoms with Gasteiger partial charge in [0.2, 0.25) is 0 Å². The molecule has 6 heteroatoms. The molecular weight excluding hydrogens is 260 g/mol. The van der Waals surface area contributed by atoms with Crippen LogP contribution in [0.4, 0.5) is 4.79 Å². The summed E-state index contributed by atoms with van der Waals surface area (Å²) in [5, 5.41) is 14.0. The van der Waals surface area contributed by atoms with E-state index in [0.717, 1.165) is 25.9 Å². The molecule has 0 aromatic rings. The first-order valence-electron chi connectivity index (χ1n) is 7.33. The first-order valence-corrected chi connectivity index (χ1v) is 7.33. The zero-order valence-electron chi connectivity index (χ0n) is 12.6. The van der Waals surface area contributed by atoms with E-state index < -0.39 is 5.97 Å². The monoisotopic (exact) mass is 288 g/mol. The van der Waals surface area contributed by atoms with Crippen molar-refractivity contribution in [3.05, 3.63) is 0 Å². The number of hydrogen-bond donors (Lipinski definition) is 3. The van der Waals surface area contributed by atoms with Gasteiger partial charge in [-0.05, 0) is 25.2 Å². The van der Waals surface area contributed by atoms with Gasteiger partial charge in [0, 0.05) is 32.7 Å². The number of carboxylic acid groups (broad SMARTS) is 1. The zero-order chi connectivity index (χ0) is 15.2. The summed E-state index contributed by atoms with van der Waals surface area (Å²) in [6.45, 7) is 6.79. The van der Waals surface area contributed by atoms with Crippen molar-refractivity contribution < 1.29 is 19.4 Å². The lowest BCUT2D eigenvalue weighted by Gasteiger charge is -2.09. The highest BCUT2D eigenvalue weighted by atomic mass is 16.5. The third-order valence-corrected chi connectivity index (χ3v) is 2.56. The predicted molar refractivity (Wildman–Crippen MR) is 77.8 cm³/mol. The summed E-state index contributed by atoms with van der Waals surface area (Å²) in [5.41, 5.74) is 0. The van der Waals surface area contributed by atoms with Gasteiger partial charge >= 0.3 is 12.0 Å². The molecule has 0 aliphatic heterocycles. The number of unbranched alkanes of at least 4 members (excludes halogenated alkanes) is 2. The molecule has 0 spiro atoms. The maximum Gasteiger partial charge on any atom is 0.314 e. The highest BCUT2D eigenvalue weighted by Crippen LogP contribution is 1.98. The Morgan fingerprint density at radius 3 is 2.30 bits per heavy atom. The van der Waals surface area contributed by atoms with Gasteiger partial charge < -0.3 is 20.5 Å². The van der Waals surface area contributed by atoms with Crippen molar-refractivity contribution in [3.63, 3.8) is 0 Å². The van der Waals surface area contributed by atoms with E-state index in [4.69, 9.17) is 9.84 Å². The van der Waals surface area contributed by atoms with Crippen LogP contribution in [0.15, 0.2) is 0 Å². The van der Waals surface area contributed by atoms with Crippen LogP contribution >= 0.6 is 0 Å². The molecule has 3 N–H and O–H groups in total. The summed E-state index contributed by atoms with van der Waals surface area (Å²) in [6.07, 6.45) is 3.28. The van der Waals surface area contributed by atoms with Crippen molar-refractivity contribution in [2.24, 2.45) is 5.92 Å². The number of nitrogens with one attached hydrogen (secondary N) is 2. The first-order chi connectivity index (χ1) is 9.52. The van der Waals surface area contributed by atoms with Crippen LogP contribution in [0.2, 0.25) is 0 Å². The van der Waals surface area contributed by atoms with Crippen LogP contribution in [0.3, 0.4) is 0 Å². The topological polar surface area (TPSA) is 87.7 Å². The molecule has 0 heterocycles. The average molecular weight is 288 g/mol. The van der Waals surface area contributed by atoms with Crippen LogP contribution in [-0.4, -0.2) is 43.4 Å². The normalized spacial score (nSPS) is 10.6. The van der Waals surface area contributed by atoms with E-state index in [-0.39, 0.29) is 12.5 Å². The number of carboxylic acids is 1. The molecule has 0 atom stereocenters. The second-order valence-corrected chi connectivity index (χ2v) is 5.21. The Balaban J connectivity index is 3.23. The maximum atomic E-state index is 11.4. The van der Waals surface area contributed by atoms with Gasteiger partial charge in [0.15, 0.2) is 0 Å². The smallest absolute Gasteiger partial charge is 0.314 e. The Bertz CT molecular complexity index is 270. The molecule has 0 rings (SSSR count). The third-order valence-electron chi connectivity index (χ3n) is 2.56. The molecule has 0 fully saturated rings. The van der Waals surface area contributed by atoms with E-state index in [9.17, 15) is 9.59 Å². The van der Waals surface area contributed by atoms with E-state index in [1.54, 1.807) is 0 Å². The van der Waals surface area contributed by atoms with Crippen molar-refractivity contribution in [1.29, 1.82) is 0 Å². The van der Waals surface area contributed by atoms with Crippen LogP contribution in [0.25, 0.3) is 0 Å². The Morgan fingerprint density at radius 1 is 1.05 bits per heavy atom. The molecule has 20 heavy (non-hydrogen) atoms. The molecule has 0 aromatic carbocycles. The lowest BCUT2D eigenvalue weighted by Crippen LogP contribution is -2.36. The molecule has 0 saturated carbocycles. The van der Waals surface area contributed by atoms with Crippen LogP contribution in [0.5, 0.6) is 0 Å². The Morgan fingerprint density at radius 2 is 1.70 bits per heavy atom. The van der Waals surface area contributed by atoms with Crippen molar-refractivity contribution in [1.82, 2.24) is 10.6 Å². The molecule has 0 aliphatic carbocycles. The number of ether oxygens (including phenoxy) is 1. The lowest BCUT2D eigenvalue weighted by atomic mass is 10.2. The number of amides is 2. The number of aliphatic carboxylic acids is 1. The molecule has 118 valence electrons. The number of rotatable bonds is 12. The van der Waals surface area contributed by atoms with Crippen molar-refractivity contribution in [3.8, 4) is 0 Å². The fourth-order valence-corrected chi connectivity index (χ4v) is 1.54. The SMILES string of the molecule is CC(C)COCCCNC(=O)NCCCCCC(=O)O. The van der Waals surface area contributed by atoms with Gasteiger partial charge in [-0.3, -0.25) is 4.79 Å².